The number of ether oxygens (including phenoxy) is 2. The van der Waals surface area contributed by atoms with Crippen molar-refractivity contribution >= 4 is 0 Å². The van der Waals surface area contributed by atoms with Crippen LogP contribution in [0.5, 0.6) is 11.5 Å². The lowest BCUT2D eigenvalue weighted by Crippen LogP contribution is -2.35. The van der Waals surface area contributed by atoms with Crippen molar-refractivity contribution in [1.29, 1.82) is 0 Å². The highest BCUT2D eigenvalue weighted by Crippen LogP contribution is 2.28. The molecule has 3 N–H and O–H groups in total. The molecule has 27 heavy (non-hydrogen) atoms. The van der Waals surface area contributed by atoms with E-state index in [2.05, 4.69) is 24.1 Å². The predicted octanol–water partition coefficient (Wildman–Crippen LogP) is 2.17. The highest BCUT2D eigenvalue weighted by Gasteiger charge is 2.19. The van der Waals surface area contributed by atoms with E-state index in [0.29, 0.717) is 24.1 Å². The molecule has 1 aromatic rings. The second-order valence-electron chi connectivity index (χ2n) is 7.32. The van der Waals surface area contributed by atoms with Gasteiger partial charge in [-0.1, -0.05) is 19.9 Å². The molecule has 0 unspecified atom stereocenters. The summed E-state index contributed by atoms with van der Waals surface area (Å²) in [5, 5.41) is 23.4. The Bertz CT molecular complexity index is 543. The molecule has 1 aromatic carbocycles. The number of nitrogens with zero attached hydrogens (tertiary/aromatic N) is 1. The fourth-order valence-corrected chi connectivity index (χ4v) is 3.50. The summed E-state index contributed by atoms with van der Waals surface area (Å²) in [5.74, 6) is 1.34. The molecule has 0 spiro atoms. The minimum Gasteiger partial charge on any atom is -0.493 e. The molecular formula is C21H36N2O4. The van der Waals surface area contributed by atoms with Crippen molar-refractivity contribution in [3.05, 3.63) is 23.8 Å². The van der Waals surface area contributed by atoms with Crippen molar-refractivity contribution in [2.45, 2.75) is 64.3 Å². The molecule has 0 saturated heterocycles. The summed E-state index contributed by atoms with van der Waals surface area (Å²) in [6, 6.07) is 6.38. The van der Waals surface area contributed by atoms with E-state index >= 15 is 0 Å². The van der Waals surface area contributed by atoms with Gasteiger partial charge in [0.05, 0.1) is 13.2 Å². The lowest BCUT2D eigenvalue weighted by molar-refractivity contribution is 0.0705. The van der Waals surface area contributed by atoms with Gasteiger partial charge < -0.3 is 29.9 Å². The second kappa shape index (κ2) is 11.5. The Hall–Kier alpha value is -1.34. The fraction of sp³-hybridized carbons (Fsp3) is 0.714. The molecule has 1 fully saturated rings. The van der Waals surface area contributed by atoms with E-state index in [1.54, 1.807) is 7.11 Å². The molecule has 0 aromatic heterocycles. The van der Waals surface area contributed by atoms with Crippen molar-refractivity contribution in [1.82, 2.24) is 10.2 Å². The molecule has 0 radical (unpaired) electrons. The summed E-state index contributed by atoms with van der Waals surface area (Å²) in [5.41, 5.74) is 1.12. The topological polar surface area (TPSA) is 74.2 Å². The van der Waals surface area contributed by atoms with E-state index in [0.717, 1.165) is 50.9 Å². The second-order valence-corrected chi connectivity index (χ2v) is 7.32. The van der Waals surface area contributed by atoms with Gasteiger partial charge in [-0.3, -0.25) is 0 Å². The normalized spacial score (nSPS) is 21.3. The maximum absolute atomic E-state index is 10.2. The first kappa shape index (κ1) is 22.0. The third kappa shape index (κ3) is 7.30. The number of benzene rings is 1. The predicted molar refractivity (Wildman–Crippen MR) is 107 cm³/mol. The van der Waals surface area contributed by atoms with Gasteiger partial charge >= 0.3 is 0 Å². The lowest BCUT2D eigenvalue weighted by atomic mass is 9.93. The third-order valence-corrected chi connectivity index (χ3v) is 5.31. The van der Waals surface area contributed by atoms with Crippen molar-refractivity contribution in [3.8, 4) is 11.5 Å². The molecule has 154 valence electrons. The van der Waals surface area contributed by atoms with E-state index in [1.165, 1.54) is 0 Å². The molecule has 0 bridgehead atoms. The highest BCUT2D eigenvalue weighted by atomic mass is 16.5. The largest absolute Gasteiger partial charge is 0.493 e. The number of methoxy groups -OCH3 is 1. The van der Waals surface area contributed by atoms with Crippen LogP contribution in [-0.2, 0) is 6.54 Å². The Balaban J connectivity index is 1.88. The van der Waals surface area contributed by atoms with Crippen LogP contribution in [0.4, 0.5) is 0 Å². The number of hydrogen-bond acceptors (Lipinski definition) is 6. The Morgan fingerprint density at radius 2 is 1.85 bits per heavy atom. The van der Waals surface area contributed by atoms with Gasteiger partial charge in [0.15, 0.2) is 11.5 Å². The molecule has 1 aliphatic carbocycles. The minimum atomic E-state index is -0.537. The fourth-order valence-electron chi connectivity index (χ4n) is 3.50. The van der Waals surface area contributed by atoms with E-state index in [1.807, 2.05) is 18.2 Å². The minimum absolute atomic E-state index is 0.133. The van der Waals surface area contributed by atoms with E-state index in [9.17, 15) is 10.2 Å². The third-order valence-electron chi connectivity index (χ3n) is 5.31. The Kier molecular flexibility index (Phi) is 9.34. The molecule has 1 saturated carbocycles. The molecule has 0 aliphatic heterocycles. The van der Waals surface area contributed by atoms with E-state index in [4.69, 9.17) is 9.47 Å². The van der Waals surface area contributed by atoms with Crippen LogP contribution < -0.4 is 14.8 Å². The molecule has 0 amide bonds. The summed E-state index contributed by atoms with van der Waals surface area (Å²) < 4.78 is 11.3. The van der Waals surface area contributed by atoms with Crippen LogP contribution in [0, 0.1) is 0 Å². The molecule has 2 rings (SSSR count). The number of hydrogen-bond donors (Lipinski definition) is 3. The van der Waals surface area contributed by atoms with Gasteiger partial charge in [0.25, 0.3) is 0 Å². The summed E-state index contributed by atoms with van der Waals surface area (Å²) >= 11 is 0. The first-order valence-electron chi connectivity index (χ1n) is 10.2. The summed E-state index contributed by atoms with van der Waals surface area (Å²) in [4.78, 5) is 2.17. The number of likely N-dealkylation sites (N-methyl/N-ethyl adjacent to an activating group) is 1. The Labute approximate surface area is 163 Å². The number of nitrogens with one attached hydrogen (secondary N) is 1. The first-order chi connectivity index (χ1) is 13.0. The zero-order chi connectivity index (χ0) is 19.6. The smallest absolute Gasteiger partial charge is 0.161 e. The lowest BCUT2D eigenvalue weighted by Gasteiger charge is -2.26. The standard InChI is InChI=1S/C21H36N2O4/c1-4-23(5-2)14-19(25)15-27-21-12-16(6-11-20(21)26-3)13-22-17-7-9-18(24)10-8-17/h6,11-12,17-19,22,24-25H,4-5,7-10,13-15H2,1-3H3/t17?,18?,19-/m1/s1. The Morgan fingerprint density at radius 1 is 1.15 bits per heavy atom. The average molecular weight is 381 g/mol. The molecule has 0 heterocycles. The number of rotatable bonds is 11. The van der Waals surface area contributed by atoms with Gasteiger partial charge in [0.1, 0.15) is 12.7 Å². The Morgan fingerprint density at radius 3 is 2.48 bits per heavy atom. The van der Waals surface area contributed by atoms with Crippen LogP contribution in [-0.4, -0.2) is 66.7 Å². The van der Waals surface area contributed by atoms with E-state index < -0.39 is 6.10 Å². The summed E-state index contributed by atoms with van der Waals surface area (Å²) in [6.07, 6.45) is 3.10. The summed E-state index contributed by atoms with van der Waals surface area (Å²) in [7, 11) is 1.62. The van der Waals surface area contributed by atoms with Crippen LogP contribution in [0.2, 0.25) is 0 Å². The number of aliphatic hydroxyl groups excluding tert-OH is 2. The van der Waals surface area contributed by atoms with Crippen LogP contribution in [0.15, 0.2) is 18.2 Å². The van der Waals surface area contributed by atoms with Crippen LogP contribution in [0.1, 0.15) is 45.1 Å². The van der Waals surface area contributed by atoms with Gasteiger partial charge in [0, 0.05) is 19.1 Å². The summed E-state index contributed by atoms with van der Waals surface area (Å²) in [6.45, 7) is 7.59. The van der Waals surface area contributed by atoms with Gasteiger partial charge in [-0.25, -0.2) is 0 Å². The zero-order valence-electron chi connectivity index (χ0n) is 17.0. The molecule has 6 heteroatoms. The van der Waals surface area contributed by atoms with Gasteiger partial charge in [-0.05, 0) is 56.5 Å². The number of aliphatic hydroxyl groups is 2. The van der Waals surface area contributed by atoms with Crippen molar-refractivity contribution < 1.29 is 19.7 Å². The zero-order valence-corrected chi connectivity index (χ0v) is 17.0. The maximum Gasteiger partial charge on any atom is 0.161 e. The van der Waals surface area contributed by atoms with Crippen LogP contribution in [0.3, 0.4) is 0 Å². The van der Waals surface area contributed by atoms with E-state index in [-0.39, 0.29) is 12.7 Å². The quantitative estimate of drug-likeness (QED) is 0.546. The maximum atomic E-state index is 10.2. The SMILES string of the molecule is CCN(CC)C[C@@H](O)COc1cc(CNC2CCC(O)CC2)ccc1OC. The first-order valence-corrected chi connectivity index (χ1v) is 10.2. The molecule has 1 aliphatic rings. The van der Waals surface area contributed by atoms with Crippen molar-refractivity contribution in [2.24, 2.45) is 0 Å². The highest BCUT2D eigenvalue weighted by molar-refractivity contribution is 5.43. The van der Waals surface area contributed by atoms with Crippen molar-refractivity contribution in [3.63, 3.8) is 0 Å². The molecular weight excluding hydrogens is 344 g/mol. The van der Waals surface area contributed by atoms with Gasteiger partial charge in [0.2, 0.25) is 0 Å². The van der Waals surface area contributed by atoms with Gasteiger partial charge in [-0.2, -0.15) is 0 Å². The molecule has 1 atom stereocenters. The van der Waals surface area contributed by atoms with Crippen molar-refractivity contribution in [2.75, 3.05) is 33.4 Å². The van der Waals surface area contributed by atoms with Crippen LogP contribution >= 0.6 is 0 Å². The monoisotopic (exact) mass is 380 g/mol. The average Bonchev–Trinajstić information content (AvgIpc) is 2.70. The van der Waals surface area contributed by atoms with Gasteiger partial charge in [-0.15, -0.1) is 0 Å². The molecule has 6 nitrogen and oxygen atoms in total. The van der Waals surface area contributed by atoms with Crippen LogP contribution in [0.25, 0.3) is 0 Å².